The Bertz CT molecular complexity index is 802. The molecule has 0 fully saturated rings. The van der Waals surface area contributed by atoms with Crippen molar-refractivity contribution in [1.82, 2.24) is 20.4 Å². The molecule has 2 aromatic heterocycles. The molecule has 1 amide bonds. The highest BCUT2D eigenvalue weighted by Gasteiger charge is 2.28. The van der Waals surface area contributed by atoms with Gasteiger partial charge < -0.3 is 4.90 Å². The summed E-state index contributed by atoms with van der Waals surface area (Å²) in [4.78, 5) is 37.3. The molecule has 0 bridgehead atoms. The van der Waals surface area contributed by atoms with Crippen LogP contribution in [-0.4, -0.2) is 38.9 Å². The van der Waals surface area contributed by atoms with Crippen LogP contribution in [-0.2, 0) is 0 Å². The van der Waals surface area contributed by atoms with Crippen LogP contribution < -0.4 is 15.8 Å². The van der Waals surface area contributed by atoms with Crippen LogP contribution in [0.25, 0.3) is 0 Å². The standard InChI is InChI=1S/C18H25N7O3/c1-12(2)9-24(10-13(3)4)17-15(25(27)28)16(20-11-21-17)22-23-18(26)14-5-7-19-8-6-14/h5-8,11-13H,9-10H2,1-4H3,(H,23,26)(H,20,21,22). The molecule has 10 heteroatoms. The second-order valence-corrected chi connectivity index (χ2v) is 7.16. The SMILES string of the molecule is CC(C)CN(CC(C)C)c1ncnc(NNC(=O)c2ccncc2)c1[N+](=O)[O-]. The van der Waals surface area contributed by atoms with Gasteiger partial charge in [0.25, 0.3) is 5.91 Å². The third kappa shape index (κ3) is 5.60. The maximum Gasteiger partial charge on any atom is 0.355 e. The lowest BCUT2D eigenvalue weighted by Crippen LogP contribution is -2.34. The average Bonchev–Trinajstić information content (AvgIpc) is 2.65. The second kappa shape index (κ2) is 9.58. The van der Waals surface area contributed by atoms with Gasteiger partial charge in [-0.15, -0.1) is 0 Å². The Balaban J connectivity index is 2.31. The minimum atomic E-state index is -0.538. The molecule has 2 N–H and O–H groups in total. The maximum absolute atomic E-state index is 12.2. The molecule has 0 unspecified atom stereocenters. The Hall–Kier alpha value is -3.30. The van der Waals surface area contributed by atoms with Gasteiger partial charge in [-0.1, -0.05) is 27.7 Å². The number of rotatable bonds is 9. The fraction of sp³-hybridized carbons (Fsp3) is 0.444. The molecule has 0 radical (unpaired) electrons. The number of hydrogen-bond donors (Lipinski definition) is 2. The molecular weight excluding hydrogens is 362 g/mol. The van der Waals surface area contributed by atoms with Gasteiger partial charge in [0.2, 0.25) is 11.6 Å². The van der Waals surface area contributed by atoms with Crippen molar-refractivity contribution in [3.05, 3.63) is 46.5 Å². The normalized spacial score (nSPS) is 10.8. The summed E-state index contributed by atoms with van der Waals surface area (Å²) in [5, 5.41) is 11.8. The van der Waals surface area contributed by atoms with E-state index in [1.807, 2.05) is 32.6 Å². The van der Waals surface area contributed by atoms with Crippen molar-refractivity contribution >= 4 is 23.2 Å². The van der Waals surface area contributed by atoms with Gasteiger partial charge in [0.05, 0.1) is 4.92 Å². The molecule has 150 valence electrons. The molecule has 0 aliphatic rings. The highest BCUT2D eigenvalue weighted by Crippen LogP contribution is 2.32. The first-order valence-electron chi connectivity index (χ1n) is 9.00. The fourth-order valence-corrected chi connectivity index (χ4v) is 2.68. The molecule has 0 saturated carbocycles. The van der Waals surface area contributed by atoms with Gasteiger partial charge in [-0.25, -0.2) is 9.97 Å². The first kappa shape index (κ1) is 21.0. The highest BCUT2D eigenvalue weighted by atomic mass is 16.6. The van der Waals surface area contributed by atoms with Crippen LogP contribution >= 0.6 is 0 Å². The van der Waals surface area contributed by atoms with E-state index in [0.29, 0.717) is 18.7 Å². The number of aromatic nitrogens is 3. The molecule has 0 aliphatic carbocycles. The third-order valence-corrected chi connectivity index (χ3v) is 3.69. The number of hydrogen-bond acceptors (Lipinski definition) is 8. The maximum atomic E-state index is 12.2. The van der Waals surface area contributed by atoms with Crippen molar-refractivity contribution in [2.24, 2.45) is 11.8 Å². The van der Waals surface area contributed by atoms with Gasteiger partial charge in [0.1, 0.15) is 6.33 Å². The number of amides is 1. The summed E-state index contributed by atoms with van der Waals surface area (Å²) in [7, 11) is 0. The fourth-order valence-electron chi connectivity index (χ4n) is 2.68. The van der Waals surface area contributed by atoms with E-state index in [-0.39, 0.29) is 29.2 Å². The molecule has 0 saturated heterocycles. The van der Waals surface area contributed by atoms with Crippen LogP contribution in [0.3, 0.4) is 0 Å². The van der Waals surface area contributed by atoms with Gasteiger partial charge in [-0.05, 0) is 24.0 Å². The van der Waals surface area contributed by atoms with Crippen LogP contribution in [0.5, 0.6) is 0 Å². The summed E-state index contributed by atoms with van der Waals surface area (Å²) in [6.07, 6.45) is 4.21. The Morgan fingerprint density at radius 2 is 1.75 bits per heavy atom. The third-order valence-electron chi connectivity index (χ3n) is 3.69. The van der Waals surface area contributed by atoms with Gasteiger partial charge >= 0.3 is 5.69 Å². The Morgan fingerprint density at radius 1 is 1.14 bits per heavy atom. The van der Waals surface area contributed by atoms with E-state index in [4.69, 9.17) is 0 Å². The van der Waals surface area contributed by atoms with E-state index in [1.165, 1.54) is 30.9 Å². The molecule has 0 spiro atoms. The number of anilines is 2. The van der Waals surface area contributed by atoms with Gasteiger partial charge in [0.15, 0.2) is 0 Å². The number of pyridine rings is 1. The molecule has 2 rings (SSSR count). The number of hydrazine groups is 1. The quantitative estimate of drug-likeness (QED) is 0.497. The van der Waals surface area contributed by atoms with Crippen molar-refractivity contribution in [2.75, 3.05) is 23.4 Å². The van der Waals surface area contributed by atoms with Crippen molar-refractivity contribution in [1.29, 1.82) is 0 Å². The second-order valence-electron chi connectivity index (χ2n) is 7.16. The van der Waals surface area contributed by atoms with Gasteiger partial charge in [-0.2, -0.15) is 0 Å². The first-order valence-corrected chi connectivity index (χ1v) is 9.00. The summed E-state index contributed by atoms with van der Waals surface area (Å²) >= 11 is 0. The summed E-state index contributed by atoms with van der Waals surface area (Å²) in [6.45, 7) is 9.36. The van der Waals surface area contributed by atoms with Crippen LogP contribution in [0.15, 0.2) is 30.9 Å². The molecule has 0 aromatic carbocycles. The number of nitro groups is 1. The predicted octanol–water partition coefficient (Wildman–Crippen LogP) is 2.66. The molecule has 28 heavy (non-hydrogen) atoms. The Morgan fingerprint density at radius 3 is 2.29 bits per heavy atom. The predicted molar refractivity (Wildman–Crippen MR) is 106 cm³/mol. The van der Waals surface area contributed by atoms with E-state index in [0.717, 1.165) is 0 Å². The highest BCUT2D eigenvalue weighted by molar-refractivity contribution is 5.94. The van der Waals surface area contributed by atoms with E-state index in [9.17, 15) is 14.9 Å². The molecule has 10 nitrogen and oxygen atoms in total. The lowest BCUT2D eigenvalue weighted by Gasteiger charge is -2.27. The summed E-state index contributed by atoms with van der Waals surface area (Å²) in [5.41, 5.74) is 5.07. The Labute approximate surface area is 163 Å². The molecule has 2 aromatic rings. The van der Waals surface area contributed by atoms with Crippen LogP contribution in [0.1, 0.15) is 38.1 Å². The lowest BCUT2D eigenvalue weighted by molar-refractivity contribution is -0.383. The van der Waals surface area contributed by atoms with E-state index in [1.54, 1.807) is 0 Å². The lowest BCUT2D eigenvalue weighted by atomic mass is 10.1. The molecule has 0 atom stereocenters. The summed E-state index contributed by atoms with van der Waals surface area (Å²) < 4.78 is 0. The smallest absolute Gasteiger partial charge is 0.350 e. The molecule has 0 aliphatic heterocycles. The monoisotopic (exact) mass is 387 g/mol. The number of nitrogens with zero attached hydrogens (tertiary/aromatic N) is 5. The van der Waals surface area contributed by atoms with Gasteiger partial charge in [-0.3, -0.25) is 30.7 Å². The number of nitrogens with one attached hydrogen (secondary N) is 2. The summed E-state index contributed by atoms with van der Waals surface area (Å²) in [5.74, 6) is 0.267. The minimum absolute atomic E-state index is 0.0741. The summed E-state index contributed by atoms with van der Waals surface area (Å²) in [6, 6.07) is 3.06. The number of carbonyl (C=O) groups is 1. The average molecular weight is 387 g/mol. The zero-order chi connectivity index (χ0) is 20.7. The largest absolute Gasteiger partial charge is 0.355 e. The number of carbonyl (C=O) groups excluding carboxylic acids is 1. The van der Waals surface area contributed by atoms with Crippen molar-refractivity contribution < 1.29 is 9.72 Å². The van der Waals surface area contributed by atoms with Crippen LogP contribution in [0.2, 0.25) is 0 Å². The zero-order valence-electron chi connectivity index (χ0n) is 16.4. The van der Waals surface area contributed by atoms with E-state index >= 15 is 0 Å². The van der Waals surface area contributed by atoms with Crippen molar-refractivity contribution in [3.8, 4) is 0 Å². The van der Waals surface area contributed by atoms with Crippen LogP contribution in [0.4, 0.5) is 17.3 Å². The van der Waals surface area contributed by atoms with Crippen LogP contribution in [0, 0.1) is 22.0 Å². The van der Waals surface area contributed by atoms with E-state index in [2.05, 4.69) is 25.8 Å². The Kier molecular flexibility index (Phi) is 7.19. The minimum Gasteiger partial charge on any atom is -0.350 e. The van der Waals surface area contributed by atoms with Crippen molar-refractivity contribution in [3.63, 3.8) is 0 Å². The van der Waals surface area contributed by atoms with Gasteiger partial charge in [0, 0.05) is 31.0 Å². The molecule has 2 heterocycles. The first-order chi connectivity index (χ1) is 13.3. The van der Waals surface area contributed by atoms with E-state index < -0.39 is 10.8 Å². The zero-order valence-corrected chi connectivity index (χ0v) is 16.4. The molecular formula is C18H25N7O3. The topological polar surface area (TPSA) is 126 Å². The van der Waals surface area contributed by atoms with Crippen molar-refractivity contribution in [2.45, 2.75) is 27.7 Å².